The van der Waals surface area contributed by atoms with Gasteiger partial charge in [-0.3, -0.25) is 4.79 Å². The van der Waals surface area contributed by atoms with Crippen LogP contribution in [0.5, 0.6) is 0 Å². The van der Waals surface area contributed by atoms with Gasteiger partial charge in [0.1, 0.15) is 11.3 Å². The first-order valence-corrected chi connectivity index (χ1v) is 7.02. The average Bonchev–Trinajstić information content (AvgIpc) is 2.86. The Morgan fingerprint density at radius 2 is 2.00 bits per heavy atom. The van der Waals surface area contributed by atoms with Crippen LogP contribution in [0.1, 0.15) is 17.9 Å². The van der Waals surface area contributed by atoms with E-state index in [9.17, 15) is 9.18 Å². The van der Waals surface area contributed by atoms with Crippen molar-refractivity contribution >= 4 is 22.7 Å². The summed E-state index contributed by atoms with van der Waals surface area (Å²) in [6.45, 7) is 1.78. The van der Waals surface area contributed by atoms with E-state index in [1.54, 1.807) is 37.3 Å². The maximum atomic E-state index is 12.8. The molecular weight excluding hydrogens is 283 g/mol. The monoisotopic (exact) mass is 298 g/mol. The Kier molecular flexibility index (Phi) is 3.87. The molecule has 1 N–H and O–H groups in total. The van der Waals surface area contributed by atoms with Gasteiger partial charge in [0.15, 0.2) is 11.5 Å². The van der Waals surface area contributed by atoms with Crippen LogP contribution in [0.15, 0.2) is 46.9 Å². The van der Waals surface area contributed by atoms with Crippen molar-refractivity contribution in [3.63, 3.8) is 0 Å². The van der Waals surface area contributed by atoms with Gasteiger partial charge >= 0.3 is 0 Å². The Morgan fingerprint density at radius 3 is 2.77 bits per heavy atom. The summed E-state index contributed by atoms with van der Waals surface area (Å²) in [5, 5.41) is 2.83. The summed E-state index contributed by atoms with van der Waals surface area (Å²) in [4.78, 5) is 16.2. The highest BCUT2D eigenvalue weighted by Crippen LogP contribution is 2.20. The van der Waals surface area contributed by atoms with Gasteiger partial charge in [0.25, 0.3) is 0 Å². The molecule has 0 spiro atoms. The van der Waals surface area contributed by atoms with Crippen molar-refractivity contribution < 1.29 is 13.6 Å². The number of aryl methyl sites for hydroxylation is 2. The zero-order chi connectivity index (χ0) is 15.5. The molecule has 1 amide bonds. The van der Waals surface area contributed by atoms with Gasteiger partial charge in [-0.05, 0) is 42.3 Å². The fourth-order valence-electron chi connectivity index (χ4n) is 2.25. The van der Waals surface area contributed by atoms with Crippen molar-refractivity contribution in [1.82, 2.24) is 4.98 Å². The number of hydrogen-bond acceptors (Lipinski definition) is 3. The summed E-state index contributed by atoms with van der Waals surface area (Å²) in [6.07, 6.45) is 0.902. The number of rotatable bonds is 4. The number of nitrogens with zero attached hydrogens (tertiary/aromatic N) is 1. The summed E-state index contributed by atoms with van der Waals surface area (Å²) in [6, 6.07) is 11.5. The van der Waals surface area contributed by atoms with Crippen molar-refractivity contribution in [2.45, 2.75) is 19.8 Å². The van der Waals surface area contributed by atoms with Gasteiger partial charge in [0.05, 0.1) is 0 Å². The lowest BCUT2D eigenvalue weighted by molar-refractivity contribution is -0.116. The van der Waals surface area contributed by atoms with E-state index in [4.69, 9.17) is 4.42 Å². The molecule has 0 bridgehead atoms. The SMILES string of the molecule is Cc1nc2cc(NC(=O)CCc3ccc(F)cc3)ccc2o1. The number of nitrogens with one attached hydrogen (secondary N) is 1. The number of halogens is 1. The van der Waals surface area contributed by atoms with E-state index in [1.807, 2.05) is 0 Å². The second-order valence-electron chi connectivity index (χ2n) is 5.09. The molecule has 3 aromatic rings. The van der Waals surface area contributed by atoms with Crippen LogP contribution in [0.25, 0.3) is 11.1 Å². The fourth-order valence-corrected chi connectivity index (χ4v) is 2.25. The lowest BCUT2D eigenvalue weighted by Crippen LogP contribution is -2.12. The first-order chi connectivity index (χ1) is 10.6. The van der Waals surface area contributed by atoms with E-state index >= 15 is 0 Å². The van der Waals surface area contributed by atoms with Gasteiger partial charge in [0.2, 0.25) is 5.91 Å². The van der Waals surface area contributed by atoms with Gasteiger partial charge < -0.3 is 9.73 Å². The van der Waals surface area contributed by atoms with E-state index in [2.05, 4.69) is 10.3 Å². The quantitative estimate of drug-likeness (QED) is 0.796. The van der Waals surface area contributed by atoms with Crippen molar-refractivity contribution in [3.05, 3.63) is 59.7 Å². The van der Waals surface area contributed by atoms with E-state index < -0.39 is 0 Å². The predicted molar refractivity (Wildman–Crippen MR) is 82.1 cm³/mol. The molecule has 4 nitrogen and oxygen atoms in total. The highest BCUT2D eigenvalue weighted by Gasteiger charge is 2.07. The standard InChI is InChI=1S/C17H15FN2O2/c1-11-19-15-10-14(7-8-16(15)22-11)20-17(21)9-4-12-2-5-13(18)6-3-12/h2-3,5-8,10H,4,9H2,1H3,(H,20,21). The maximum absolute atomic E-state index is 12.8. The summed E-state index contributed by atoms with van der Waals surface area (Å²) in [7, 11) is 0. The Hall–Kier alpha value is -2.69. The maximum Gasteiger partial charge on any atom is 0.224 e. The number of fused-ring (bicyclic) bond motifs is 1. The van der Waals surface area contributed by atoms with Crippen molar-refractivity contribution in [2.24, 2.45) is 0 Å². The number of carbonyl (C=O) groups excluding carboxylic acids is 1. The number of oxazole rings is 1. The molecule has 0 aliphatic heterocycles. The normalized spacial score (nSPS) is 10.8. The molecule has 5 heteroatoms. The number of anilines is 1. The second kappa shape index (κ2) is 5.97. The lowest BCUT2D eigenvalue weighted by atomic mass is 10.1. The summed E-state index contributed by atoms with van der Waals surface area (Å²) >= 11 is 0. The van der Waals surface area contributed by atoms with E-state index in [-0.39, 0.29) is 11.7 Å². The highest BCUT2D eigenvalue weighted by atomic mass is 19.1. The number of benzene rings is 2. The topological polar surface area (TPSA) is 55.1 Å². The third-order valence-electron chi connectivity index (χ3n) is 3.33. The second-order valence-corrected chi connectivity index (χ2v) is 5.09. The molecule has 0 atom stereocenters. The van der Waals surface area contributed by atoms with E-state index in [0.29, 0.717) is 35.5 Å². The third kappa shape index (κ3) is 3.31. The predicted octanol–water partition coefficient (Wildman–Crippen LogP) is 3.85. The highest BCUT2D eigenvalue weighted by molar-refractivity contribution is 5.92. The largest absolute Gasteiger partial charge is 0.441 e. The fraction of sp³-hybridized carbons (Fsp3) is 0.176. The molecule has 2 aromatic carbocycles. The number of aromatic nitrogens is 1. The van der Waals surface area contributed by atoms with Gasteiger partial charge in [-0.15, -0.1) is 0 Å². The number of hydrogen-bond donors (Lipinski definition) is 1. The molecule has 3 rings (SSSR count). The summed E-state index contributed by atoms with van der Waals surface area (Å²) < 4.78 is 18.2. The van der Waals surface area contributed by atoms with E-state index in [0.717, 1.165) is 5.56 Å². The Morgan fingerprint density at radius 1 is 1.23 bits per heavy atom. The molecule has 0 unspecified atom stereocenters. The number of carbonyl (C=O) groups is 1. The molecule has 1 heterocycles. The minimum absolute atomic E-state index is 0.0936. The van der Waals surface area contributed by atoms with Crippen LogP contribution in [-0.4, -0.2) is 10.9 Å². The zero-order valence-corrected chi connectivity index (χ0v) is 12.1. The number of amides is 1. The Bertz CT molecular complexity index is 809. The smallest absolute Gasteiger partial charge is 0.224 e. The molecule has 0 radical (unpaired) electrons. The molecule has 112 valence electrons. The van der Waals surface area contributed by atoms with Crippen LogP contribution in [-0.2, 0) is 11.2 Å². The van der Waals surface area contributed by atoms with Crippen LogP contribution < -0.4 is 5.32 Å². The Balaban J connectivity index is 1.61. The summed E-state index contributed by atoms with van der Waals surface area (Å²) in [5.41, 5.74) is 3.03. The molecule has 0 saturated carbocycles. The van der Waals surface area contributed by atoms with Crippen molar-refractivity contribution in [3.8, 4) is 0 Å². The minimum Gasteiger partial charge on any atom is -0.441 e. The lowest BCUT2D eigenvalue weighted by Gasteiger charge is -2.05. The molecule has 22 heavy (non-hydrogen) atoms. The molecule has 0 fully saturated rings. The van der Waals surface area contributed by atoms with Gasteiger partial charge in [-0.1, -0.05) is 12.1 Å². The third-order valence-corrected chi connectivity index (χ3v) is 3.33. The van der Waals surface area contributed by atoms with Gasteiger partial charge in [-0.25, -0.2) is 9.37 Å². The average molecular weight is 298 g/mol. The van der Waals surface area contributed by atoms with Crippen LogP contribution in [0, 0.1) is 12.7 Å². The zero-order valence-electron chi connectivity index (χ0n) is 12.1. The van der Waals surface area contributed by atoms with Crippen molar-refractivity contribution in [2.75, 3.05) is 5.32 Å². The Labute approximate surface area is 127 Å². The van der Waals surface area contributed by atoms with Crippen LogP contribution in [0.2, 0.25) is 0 Å². The molecule has 0 saturated heterocycles. The van der Waals surface area contributed by atoms with Gasteiger partial charge in [0, 0.05) is 19.0 Å². The van der Waals surface area contributed by atoms with E-state index in [1.165, 1.54) is 12.1 Å². The van der Waals surface area contributed by atoms with Gasteiger partial charge in [-0.2, -0.15) is 0 Å². The molecule has 1 aromatic heterocycles. The molecular formula is C17H15FN2O2. The van der Waals surface area contributed by atoms with Crippen LogP contribution in [0.3, 0.4) is 0 Å². The minimum atomic E-state index is -0.274. The first kappa shape index (κ1) is 14.3. The van der Waals surface area contributed by atoms with Crippen molar-refractivity contribution in [1.29, 1.82) is 0 Å². The summed E-state index contributed by atoms with van der Waals surface area (Å²) in [5.74, 6) is 0.225. The van der Waals surface area contributed by atoms with Crippen LogP contribution >= 0.6 is 0 Å². The molecule has 0 aliphatic carbocycles. The van der Waals surface area contributed by atoms with Crippen LogP contribution in [0.4, 0.5) is 10.1 Å². The first-order valence-electron chi connectivity index (χ1n) is 7.02. The molecule has 0 aliphatic rings.